The summed E-state index contributed by atoms with van der Waals surface area (Å²) in [7, 11) is 0. The lowest BCUT2D eigenvalue weighted by molar-refractivity contribution is 0.127. The van der Waals surface area contributed by atoms with Gasteiger partial charge < -0.3 is 9.84 Å². The van der Waals surface area contributed by atoms with Crippen molar-refractivity contribution in [1.82, 2.24) is 0 Å². The van der Waals surface area contributed by atoms with Crippen LogP contribution in [0.5, 0.6) is 0 Å². The first-order chi connectivity index (χ1) is 8.81. The van der Waals surface area contributed by atoms with Crippen LogP contribution in [-0.4, -0.2) is 31.1 Å². The summed E-state index contributed by atoms with van der Waals surface area (Å²) in [6.07, 6.45) is 9.98. The topological polar surface area (TPSA) is 29.5 Å². The first-order valence-electron chi connectivity index (χ1n) is 7.64. The number of halogens is 1. The fourth-order valence-electron chi connectivity index (χ4n) is 1.89. The van der Waals surface area contributed by atoms with E-state index in [1.54, 1.807) is 0 Å². The van der Waals surface area contributed by atoms with Crippen LogP contribution in [0.4, 0.5) is 4.39 Å². The Morgan fingerprint density at radius 3 is 2.06 bits per heavy atom. The smallest absolute Gasteiger partial charge is 0.123 e. The third-order valence-corrected chi connectivity index (χ3v) is 3.15. The summed E-state index contributed by atoms with van der Waals surface area (Å²) in [4.78, 5) is 0. The van der Waals surface area contributed by atoms with Crippen molar-refractivity contribution in [2.45, 2.75) is 77.3 Å². The van der Waals surface area contributed by atoms with E-state index in [0.29, 0.717) is 6.42 Å². The zero-order valence-electron chi connectivity index (χ0n) is 12.0. The SMILES string of the molecule is CCCCOCCCCCCCCCC(F)CO. The second kappa shape index (κ2) is 14.9. The highest BCUT2D eigenvalue weighted by Crippen LogP contribution is 2.11. The van der Waals surface area contributed by atoms with Crippen molar-refractivity contribution < 1.29 is 14.2 Å². The summed E-state index contributed by atoms with van der Waals surface area (Å²) >= 11 is 0. The van der Waals surface area contributed by atoms with Gasteiger partial charge in [0.15, 0.2) is 0 Å². The lowest BCUT2D eigenvalue weighted by Gasteiger charge is -2.05. The van der Waals surface area contributed by atoms with E-state index in [-0.39, 0.29) is 6.61 Å². The van der Waals surface area contributed by atoms with E-state index in [1.807, 2.05) is 0 Å². The molecule has 0 aromatic rings. The highest BCUT2D eigenvalue weighted by atomic mass is 19.1. The van der Waals surface area contributed by atoms with Crippen molar-refractivity contribution in [1.29, 1.82) is 0 Å². The standard InChI is InChI=1S/C15H31FO2/c1-2-3-12-18-13-10-8-6-4-5-7-9-11-15(16)14-17/h15,17H,2-14H2,1H3. The average Bonchev–Trinajstić information content (AvgIpc) is 2.39. The molecule has 2 nitrogen and oxygen atoms in total. The Balaban J connectivity index is 2.94. The van der Waals surface area contributed by atoms with E-state index in [0.717, 1.165) is 26.1 Å². The van der Waals surface area contributed by atoms with E-state index in [4.69, 9.17) is 9.84 Å². The molecule has 0 saturated carbocycles. The van der Waals surface area contributed by atoms with Gasteiger partial charge >= 0.3 is 0 Å². The van der Waals surface area contributed by atoms with Crippen molar-refractivity contribution in [2.75, 3.05) is 19.8 Å². The van der Waals surface area contributed by atoms with Crippen molar-refractivity contribution in [3.05, 3.63) is 0 Å². The minimum Gasteiger partial charge on any atom is -0.393 e. The molecule has 0 rings (SSSR count). The zero-order chi connectivity index (χ0) is 13.5. The molecular weight excluding hydrogens is 231 g/mol. The average molecular weight is 262 g/mol. The van der Waals surface area contributed by atoms with Gasteiger partial charge in [-0.25, -0.2) is 4.39 Å². The quantitative estimate of drug-likeness (QED) is 0.474. The maximum atomic E-state index is 12.7. The molecule has 0 heterocycles. The predicted molar refractivity (Wildman–Crippen MR) is 74.6 cm³/mol. The molecule has 0 aliphatic heterocycles. The molecule has 0 amide bonds. The molecule has 1 unspecified atom stereocenters. The molecule has 18 heavy (non-hydrogen) atoms. The molecule has 0 aromatic carbocycles. The maximum Gasteiger partial charge on any atom is 0.123 e. The van der Waals surface area contributed by atoms with Gasteiger partial charge in [0.25, 0.3) is 0 Å². The van der Waals surface area contributed by atoms with Crippen molar-refractivity contribution in [2.24, 2.45) is 0 Å². The Hall–Kier alpha value is -0.150. The molecular formula is C15H31FO2. The Bertz CT molecular complexity index is 153. The van der Waals surface area contributed by atoms with Gasteiger partial charge in [-0.05, 0) is 19.3 Å². The third kappa shape index (κ3) is 13.9. The minimum absolute atomic E-state index is 0.321. The van der Waals surface area contributed by atoms with Crippen LogP contribution in [0, 0.1) is 0 Å². The van der Waals surface area contributed by atoms with E-state index in [9.17, 15) is 4.39 Å². The number of alkyl halides is 1. The summed E-state index contributed by atoms with van der Waals surface area (Å²) in [6.45, 7) is 3.67. The van der Waals surface area contributed by atoms with E-state index >= 15 is 0 Å². The molecule has 0 aliphatic rings. The van der Waals surface area contributed by atoms with Crippen LogP contribution < -0.4 is 0 Å². The number of rotatable bonds is 14. The summed E-state index contributed by atoms with van der Waals surface area (Å²) in [5, 5.41) is 8.53. The highest BCUT2D eigenvalue weighted by molar-refractivity contribution is 4.54. The normalized spacial score (nSPS) is 12.8. The van der Waals surface area contributed by atoms with Gasteiger partial charge in [0, 0.05) is 13.2 Å². The Kier molecular flexibility index (Phi) is 14.8. The summed E-state index contributed by atoms with van der Waals surface area (Å²) in [6, 6.07) is 0. The summed E-state index contributed by atoms with van der Waals surface area (Å²) in [5.74, 6) is 0. The zero-order valence-corrected chi connectivity index (χ0v) is 12.0. The van der Waals surface area contributed by atoms with Gasteiger partial charge in [-0.1, -0.05) is 51.9 Å². The molecule has 0 radical (unpaired) electrons. The Morgan fingerprint density at radius 2 is 1.44 bits per heavy atom. The molecule has 110 valence electrons. The minimum atomic E-state index is -1.01. The number of unbranched alkanes of at least 4 members (excludes halogenated alkanes) is 7. The summed E-state index contributed by atoms with van der Waals surface area (Å²) < 4.78 is 18.2. The first kappa shape index (κ1) is 17.8. The molecule has 3 heteroatoms. The molecule has 0 bridgehead atoms. The van der Waals surface area contributed by atoms with Gasteiger partial charge in [-0.3, -0.25) is 0 Å². The van der Waals surface area contributed by atoms with Crippen LogP contribution in [0.3, 0.4) is 0 Å². The molecule has 0 fully saturated rings. The van der Waals surface area contributed by atoms with Gasteiger partial charge in [-0.2, -0.15) is 0 Å². The number of hydrogen-bond acceptors (Lipinski definition) is 2. The van der Waals surface area contributed by atoms with Crippen LogP contribution in [0.15, 0.2) is 0 Å². The van der Waals surface area contributed by atoms with Crippen LogP contribution in [0.25, 0.3) is 0 Å². The first-order valence-corrected chi connectivity index (χ1v) is 7.64. The van der Waals surface area contributed by atoms with Crippen LogP contribution in [0.1, 0.15) is 71.1 Å². The Morgan fingerprint density at radius 1 is 0.889 bits per heavy atom. The van der Waals surface area contributed by atoms with E-state index in [2.05, 4.69) is 6.92 Å². The van der Waals surface area contributed by atoms with Crippen molar-refractivity contribution in [3.63, 3.8) is 0 Å². The van der Waals surface area contributed by atoms with Crippen LogP contribution in [-0.2, 0) is 4.74 Å². The summed E-state index contributed by atoms with van der Waals surface area (Å²) in [5.41, 5.74) is 0. The van der Waals surface area contributed by atoms with E-state index in [1.165, 1.54) is 44.9 Å². The van der Waals surface area contributed by atoms with Crippen LogP contribution in [0.2, 0.25) is 0 Å². The molecule has 0 aromatic heterocycles. The van der Waals surface area contributed by atoms with Gasteiger partial charge in [0.1, 0.15) is 6.17 Å². The maximum absolute atomic E-state index is 12.7. The van der Waals surface area contributed by atoms with Gasteiger partial charge in [0.05, 0.1) is 6.61 Å². The van der Waals surface area contributed by atoms with Crippen LogP contribution >= 0.6 is 0 Å². The lowest BCUT2D eigenvalue weighted by atomic mass is 10.1. The molecule has 0 saturated heterocycles. The van der Waals surface area contributed by atoms with Crippen molar-refractivity contribution in [3.8, 4) is 0 Å². The van der Waals surface area contributed by atoms with Gasteiger partial charge in [0.2, 0.25) is 0 Å². The lowest BCUT2D eigenvalue weighted by Crippen LogP contribution is -2.04. The fourth-order valence-corrected chi connectivity index (χ4v) is 1.89. The number of aliphatic hydroxyl groups excluding tert-OH is 1. The molecule has 1 atom stereocenters. The highest BCUT2D eigenvalue weighted by Gasteiger charge is 2.02. The van der Waals surface area contributed by atoms with Crippen molar-refractivity contribution >= 4 is 0 Å². The monoisotopic (exact) mass is 262 g/mol. The number of aliphatic hydroxyl groups is 1. The fraction of sp³-hybridized carbons (Fsp3) is 1.00. The second-order valence-electron chi connectivity index (χ2n) is 5.01. The second-order valence-corrected chi connectivity index (χ2v) is 5.01. The number of hydrogen-bond donors (Lipinski definition) is 1. The van der Waals surface area contributed by atoms with E-state index < -0.39 is 6.17 Å². The molecule has 0 aliphatic carbocycles. The molecule has 0 spiro atoms. The van der Waals surface area contributed by atoms with Gasteiger partial charge in [-0.15, -0.1) is 0 Å². The Labute approximate surface area is 112 Å². The predicted octanol–water partition coefficient (Wildman–Crippen LogP) is 4.25. The third-order valence-electron chi connectivity index (χ3n) is 3.15. The largest absolute Gasteiger partial charge is 0.393 e. The molecule has 1 N–H and O–H groups in total. The number of ether oxygens (including phenoxy) is 1.